The zero-order valence-corrected chi connectivity index (χ0v) is 14.2. The molecule has 0 saturated heterocycles. The van der Waals surface area contributed by atoms with Crippen LogP contribution in [0.1, 0.15) is 15.9 Å². The summed E-state index contributed by atoms with van der Waals surface area (Å²) in [6.45, 7) is 0.565. The van der Waals surface area contributed by atoms with E-state index in [1.807, 2.05) is 12.1 Å². The van der Waals surface area contributed by atoms with Crippen LogP contribution in [0.4, 0.5) is 0 Å². The number of fused-ring (bicyclic) bond motifs is 1. The van der Waals surface area contributed by atoms with Gasteiger partial charge in [0.15, 0.2) is 0 Å². The lowest BCUT2D eigenvalue weighted by Crippen LogP contribution is -2.26. The minimum absolute atomic E-state index is 0.177. The maximum atomic E-state index is 12.3. The van der Waals surface area contributed by atoms with Crippen LogP contribution in [0.15, 0.2) is 47.8 Å². The highest BCUT2D eigenvalue weighted by Gasteiger charge is 2.12. The molecule has 0 aliphatic rings. The molecule has 0 unspecified atom stereocenters. The molecule has 1 aromatic heterocycles. The van der Waals surface area contributed by atoms with Gasteiger partial charge in [0.25, 0.3) is 5.91 Å². The van der Waals surface area contributed by atoms with Gasteiger partial charge in [0, 0.05) is 16.3 Å². The van der Waals surface area contributed by atoms with Crippen molar-refractivity contribution in [3.8, 4) is 5.75 Å². The van der Waals surface area contributed by atoms with E-state index in [0.29, 0.717) is 22.9 Å². The predicted molar refractivity (Wildman–Crippen MR) is 95.9 cm³/mol. The molecule has 1 amide bonds. The van der Waals surface area contributed by atoms with E-state index in [9.17, 15) is 4.79 Å². The number of hydrogen-bond acceptors (Lipinski definition) is 3. The van der Waals surface area contributed by atoms with Crippen molar-refractivity contribution in [2.24, 2.45) is 0 Å². The van der Waals surface area contributed by atoms with Gasteiger partial charge in [-0.15, -0.1) is 11.3 Å². The second-order valence-corrected chi connectivity index (χ2v) is 6.46. The monoisotopic (exact) mass is 345 g/mol. The molecule has 2 aromatic carbocycles. The van der Waals surface area contributed by atoms with Crippen molar-refractivity contribution in [1.29, 1.82) is 0 Å². The fourth-order valence-corrected chi connectivity index (χ4v) is 3.66. The van der Waals surface area contributed by atoms with E-state index < -0.39 is 0 Å². The quantitative estimate of drug-likeness (QED) is 0.737. The number of methoxy groups -OCH3 is 1. The minimum Gasteiger partial charge on any atom is -0.496 e. The van der Waals surface area contributed by atoms with Crippen LogP contribution in [0.2, 0.25) is 5.02 Å². The SMILES string of the molecule is COc1ccc(Cl)cc1C(=O)NCCc1csc2ccccc12. The Kier molecular flexibility index (Phi) is 4.84. The standard InChI is InChI=1S/C18H16ClNO2S/c1-22-16-7-6-13(19)10-15(16)18(21)20-9-8-12-11-23-17-5-3-2-4-14(12)17/h2-7,10-11H,8-9H2,1H3,(H,20,21). The lowest BCUT2D eigenvalue weighted by Gasteiger charge is -2.09. The van der Waals surface area contributed by atoms with Crippen molar-refractivity contribution in [2.45, 2.75) is 6.42 Å². The minimum atomic E-state index is -0.177. The van der Waals surface area contributed by atoms with E-state index in [-0.39, 0.29) is 5.91 Å². The molecule has 3 aromatic rings. The van der Waals surface area contributed by atoms with E-state index in [0.717, 1.165) is 6.42 Å². The van der Waals surface area contributed by atoms with Crippen LogP contribution >= 0.6 is 22.9 Å². The first-order valence-electron chi connectivity index (χ1n) is 7.26. The van der Waals surface area contributed by atoms with Gasteiger partial charge in [-0.25, -0.2) is 0 Å². The van der Waals surface area contributed by atoms with E-state index >= 15 is 0 Å². The Hall–Kier alpha value is -2.04. The Morgan fingerprint density at radius 3 is 2.91 bits per heavy atom. The molecular formula is C18H16ClNO2S. The van der Waals surface area contributed by atoms with E-state index in [4.69, 9.17) is 16.3 Å². The first-order valence-corrected chi connectivity index (χ1v) is 8.51. The van der Waals surface area contributed by atoms with Crippen LogP contribution in [-0.4, -0.2) is 19.6 Å². The zero-order valence-electron chi connectivity index (χ0n) is 12.6. The average Bonchev–Trinajstić information content (AvgIpc) is 2.98. The van der Waals surface area contributed by atoms with Gasteiger partial charge in [-0.05, 0) is 47.0 Å². The predicted octanol–water partition coefficient (Wildman–Crippen LogP) is 4.54. The molecule has 1 N–H and O–H groups in total. The Balaban J connectivity index is 1.67. The van der Waals surface area contributed by atoms with Crippen LogP contribution in [0.25, 0.3) is 10.1 Å². The van der Waals surface area contributed by atoms with Crippen molar-refractivity contribution in [3.63, 3.8) is 0 Å². The van der Waals surface area contributed by atoms with Gasteiger partial charge in [-0.2, -0.15) is 0 Å². The number of nitrogens with one attached hydrogen (secondary N) is 1. The lowest BCUT2D eigenvalue weighted by molar-refractivity contribution is 0.0951. The van der Waals surface area contributed by atoms with Crippen molar-refractivity contribution in [2.75, 3.05) is 13.7 Å². The lowest BCUT2D eigenvalue weighted by atomic mass is 10.1. The molecule has 3 rings (SSSR count). The summed E-state index contributed by atoms with van der Waals surface area (Å²) in [6, 6.07) is 13.3. The van der Waals surface area contributed by atoms with Crippen LogP contribution < -0.4 is 10.1 Å². The number of benzene rings is 2. The van der Waals surface area contributed by atoms with Gasteiger partial charge in [0.05, 0.1) is 12.7 Å². The van der Waals surface area contributed by atoms with Gasteiger partial charge in [-0.1, -0.05) is 29.8 Å². The first kappa shape index (κ1) is 15.8. The first-order chi connectivity index (χ1) is 11.2. The number of amides is 1. The molecule has 0 atom stereocenters. The number of ether oxygens (including phenoxy) is 1. The van der Waals surface area contributed by atoms with Gasteiger partial charge in [0.2, 0.25) is 0 Å². The Morgan fingerprint density at radius 1 is 1.26 bits per heavy atom. The topological polar surface area (TPSA) is 38.3 Å². The highest BCUT2D eigenvalue weighted by molar-refractivity contribution is 7.17. The van der Waals surface area contributed by atoms with E-state index in [1.165, 1.54) is 22.8 Å². The van der Waals surface area contributed by atoms with Crippen molar-refractivity contribution in [1.82, 2.24) is 5.32 Å². The summed E-state index contributed by atoms with van der Waals surface area (Å²) in [5, 5.41) is 6.85. The van der Waals surface area contributed by atoms with Crippen LogP contribution in [0.5, 0.6) is 5.75 Å². The summed E-state index contributed by atoms with van der Waals surface area (Å²) in [5.74, 6) is 0.344. The second-order valence-electron chi connectivity index (χ2n) is 5.11. The molecule has 0 spiro atoms. The van der Waals surface area contributed by atoms with Crippen LogP contribution in [0.3, 0.4) is 0 Å². The third kappa shape index (κ3) is 3.49. The molecule has 0 aliphatic carbocycles. The molecule has 5 heteroatoms. The molecule has 23 heavy (non-hydrogen) atoms. The number of halogens is 1. The second kappa shape index (κ2) is 7.02. The number of hydrogen-bond donors (Lipinski definition) is 1. The van der Waals surface area contributed by atoms with Gasteiger partial charge < -0.3 is 10.1 Å². The fourth-order valence-electron chi connectivity index (χ4n) is 2.49. The Morgan fingerprint density at radius 2 is 2.09 bits per heavy atom. The summed E-state index contributed by atoms with van der Waals surface area (Å²) in [6.07, 6.45) is 0.790. The summed E-state index contributed by atoms with van der Waals surface area (Å²) in [4.78, 5) is 12.3. The molecule has 0 fully saturated rings. The number of thiophene rings is 1. The fraction of sp³-hybridized carbons (Fsp3) is 0.167. The van der Waals surface area contributed by atoms with Crippen molar-refractivity contribution >= 4 is 38.9 Å². The number of carbonyl (C=O) groups is 1. The van der Waals surface area contributed by atoms with Gasteiger partial charge >= 0.3 is 0 Å². The Labute approximate surface area is 143 Å². The molecule has 0 radical (unpaired) electrons. The zero-order chi connectivity index (χ0) is 16.2. The summed E-state index contributed by atoms with van der Waals surface area (Å²) in [5.41, 5.74) is 1.71. The highest BCUT2D eigenvalue weighted by Crippen LogP contribution is 2.26. The normalized spacial score (nSPS) is 10.7. The molecule has 1 heterocycles. The maximum Gasteiger partial charge on any atom is 0.255 e. The third-order valence-corrected chi connectivity index (χ3v) is 4.89. The third-order valence-electron chi connectivity index (χ3n) is 3.65. The summed E-state index contributed by atoms with van der Waals surface area (Å²) >= 11 is 7.69. The molecule has 0 saturated carbocycles. The maximum absolute atomic E-state index is 12.3. The molecule has 0 bridgehead atoms. The largest absolute Gasteiger partial charge is 0.496 e. The van der Waals surface area contributed by atoms with E-state index in [1.54, 1.807) is 29.5 Å². The number of carbonyl (C=O) groups excluding carboxylic acids is 1. The highest BCUT2D eigenvalue weighted by atomic mass is 35.5. The molecule has 0 aliphatic heterocycles. The smallest absolute Gasteiger partial charge is 0.255 e. The Bertz CT molecular complexity index is 844. The average molecular weight is 346 g/mol. The number of rotatable bonds is 5. The van der Waals surface area contributed by atoms with Gasteiger partial charge in [-0.3, -0.25) is 4.79 Å². The molecule has 118 valence electrons. The van der Waals surface area contributed by atoms with Crippen LogP contribution in [-0.2, 0) is 6.42 Å². The molecular weight excluding hydrogens is 330 g/mol. The van der Waals surface area contributed by atoms with Crippen molar-refractivity contribution < 1.29 is 9.53 Å². The summed E-state index contributed by atoms with van der Waals surface area (Å²) in [7, 11) is 1.54. The van der Waals surface area contributed by atoms with E-state index in [2.05, 4.69) is 22.8 Å². The molecule has 3 nitrogen and oxygen atoms in total. The van der Waals surface area contributed by atoms with Crippen LogP contribution in [0, 0.1) is 0 Å². The van der Waals surface area contributed by atoms with Gasteiger partial charge in [0.1, 0.15) is 5.75 Å². The van der Waals surface area contributed by atoms with Crippen molar-refractivity contribution in [3.05, 3.63) is 64.0 Å². The summed E-state index contributed by atoms with van der Waals surface area (Å²) < 4.78 is 6.48.